The predicted molar refractivity (Wildman–Crippen MR) is 86.8 cm³/mol. The standard InChI is InChI=1S/C18H22N2O/c1-3-8-14(4-2)18(17(19)21,16-11-12-20-13-16)15-9-6-5-7-10-15/h3-10,16,20H,1-2,11-13H2,(H2,19,21)/b14-8+/t16?,18-/m1/s1. The number of nitrogens with one attached hydrogen (secondary N) is 1. The van der Waals surface area contributed by atoms with E-state index in [1.54, 1.807) is 12.2 Å². The van der Waals surface area contributed by atoms with E-state index in [4.69, 9.17) is 5.73 Å². The van der Waals surface area contributed by atoms with Gasteiger partial charge in [-0.1, -0.05) is 61.7 Å². The minimum atomic E-state index is -0.860. The Bertz CT molecular complexity index is 556. The van der Waals surface area contributed by atoms with Crippen LogP contribution in [0.5, 0.6) is 0 Å². The molecule has 0 saturated carbocycles. The lowest BCUT2D eigenvalue weighted by molar-refractivity contribution is -0.123. The zero-order chi connectivity index (χ0) is 15.3. The van der Waals surface area contributed by atoms with Crippen LogP contribution in [-0.4, -0.2) is 19.0 Å². The molecule has 2 atom stereocenters. The normalized spacial score (nSPS) is 21.5. The highest BCUT2D eigenvalue weighted by Gasteiger charge is 2.48. The molecule has 1 aliphatic rings. The summed E-state index contributed by atoms with van der Waals surface area (Å²) in [6.07, 6.45) is 6.14. The molecule has 1 unspecified atom stereocenters. The molecule has 1 amide bonds. The third kappa shape index (κ3) is 2.57. The summed E-state index contributed by atoms with van der Waals surface area (Å²) in [5.41, 5.74) is 6.77. The molecule has 2 rings (SSSR count). The molecule has 1 aromatic rings. The van der Waals surface area contributed by atoms with E-state index >= 15 is 0 Å². The number of benzene rings is 1. The number of hydrogen-bond donors (Lipinski definition) is 2. The van der Waals surface area contributed by atoms with Gasteiger partial charge in [-0.2, -0.15) is 0 Å². The van der Waals surface area contributed by atoms with Gasteiger partial charge in [-0.05, 0) is 36.6 Å². The Labute approximate surface area is 126 Å². The van der Waals surface area contributed by atoms with Gasteiger partial charge < -0.3 is 11.1 Å². The molecule has 1 aromatic carbocycles. The van der Waals surface area contributed by atoms with Crippen molar-refractivity contribution in [2.24, 2.45) is 11.7 Å². The Kier molecular flexibility index (Phi) is 4.76. The van der Waals surface area contributed by atoms with Crippen molar-refractivity contribution in [3.63, 3.8) is 0 Å². The van der Waals surface area contributed by atoms with Crippen LogP contribution < -0.4 is 11.1 Å². The lowest BCUT2D eigenvalue weighted by Gasteiger charge is -2.38. The molecular weight excluding hydrogens is 260 g/mol. The number of carbonyl (C=O) groups excluding carboxylic acids is 1. The Hall–Kier alpha value is -2.13. The second kappa shape index (κ2) is 6.55. The molecule has 0 spiro atoms. The number of primary amides is 1. The molecule has 1 saturated heterocycles. The number of rotatable bonds is 6. The van der Waals surface area contributed by atoms with Crippen molar-refractivity contribution >= 4 is 5.91 Å². The van der Waals surface area contributed by atoms with Crippen molar-refractivity contribution in [2.45, 2.75) is 11.8 Å². The highest BCUT2D eigenvalue weighted by molar-refractivity contribution is 5.92. The van der Waals surface area contributed by atoms with Gasteiger partial charge in [0.25, 0.3) is 0 Å². The molecule has 21 heavy (non-hydrogen) atoms. The molecule has 0 bridgehead atoms. The molecule has 110 valence electrons. The van der Waals surface area contributed by atoms with Crippen LogP contribution in [-0.2, 0) is 10.2 Å². The number of amides is 1. The van der Waals surface area contributed by atoms with Crippen molar-refractivity contribution < 1.29 is 4.79 Å². The lowest BCUT2D eigenvalue weighted by atomic mass is 9.64. The fourth-order valence-electron chi connectivity index (χ4n) is 3.34. The first-order chi connectivity index (χ1) is 10.2. The fraction of sp³-hybridized carbons (Fsp3) is 0.278. The van der Waals surface area contributed by atoms with Crippen LogP contribution in [0, 0.1) is 5.92 Å². The quantitative estimate of drug-likeness (QED) is 0.787. The van der Waals surface area contributed by atoms with E-state index in [0.29, 0.717) is 0 Å². The van der Waals surface area contributed by atoms with Crippen molar-refractivity contribution in [1.29, 1.82) is 0 Å². The average molecular weight is 282 g/mol. The smallest absolute Gasteiger partial charge is 0.232 e. The number of allylic oxidation sites excluding steroid dienone is 3. The summed E-state index contributed by atoms with van der Waals surface area (Å²) in [5, 5.41) is 3.33. The molecule has 0 radical (unpaired) electrons. The average Bonchev–Trinajstić information content (AvgIpc) is 3.02. The van der Waals surface area contributed by atoms with Crippen molar-refractivity contribution in [3.8, 4) is 0 Å². The first kappa shape index (κ1) is 15.3. The SMILES string of the molecule is C=C/C=C(\C=C)[C@@](C(N)=O)(c1ccccc1)C1CCNC1. The highest BCUT2D eigenvalue weighted by atomic mass is 16.1. The van der Waals surface area contributed by atoms with Gasteiger partial charge in [-0.3, -0.25) is 4.79 Å². The molecule has 0 aromatic heterocycles. The summed E-state index contributed by atoms with van der Waals surface area (Å²) >= 11 is 0. The van der Waals surface area contributed by atoms with Crippen molar-refractivity contribution in [2.75, 3.05) is 13.1 Å². The monoisotopic (exact) mass is 282 g/mol. The molecule has 0 aliphatic carbocycles. The van der Waals surface area contributed by atoms with Gasteiger partial charge in [0, 0.05) is 0 Å². The topological polar surface area (TPSA) is 55.1 Å². The van der Waals surface area contributed by atoms with Crippen LogP contribution in [0.3, 0.4) is 0 Å². The maximum atomic E-state index is 12.6. The first-order valence-electron chi connectivity index (χ1n) is 7.19. The zero-order valence-corrected chi connectivity index (χ0v) is 12.2. The third-order valence-corrected chi connectivity index (χ3v) is 4.26. The Morgan fingerprint density at radius 1 is 1.33 bits per heavy atom. The van der Waals surface area contributed by atoms with Crippen molar-refractivity contribution in [3.05, 3.63) is 72.9 Å². The Morgan fingerprint density at radius 3 is 2.52 bits per heavy atom. The maximum Gasteiger partial charge on any atom is 0.232 e. The summed E-state index contributed by atoms with van der Waals surface area (Å²) in [7, 11) is 0. The van der Waals surface area contributed by atoms with E-state index in [1.807, 2.05) is 36.4 Å². The summed E-state index contributed by atoms with van der Waals surface area (Å²) in [6.45, 7) is 9.29. The largest absolute Gasteiger partial charge is 0.369 e. The number of nitrogens with two attached hydrogens (primary N) is 1. The van der Waals surface area contributed by atoms with Crippen LogP contribution in [0.25, 0.3) is 0 Å². The summed E-state index contributed by atoms with van der Waals surface area (Å²) in [4.78, 5) is 12.6. The van der Waals surface area contributed by atoms with Gasteiger partial charge in [-0.25, -0.2) is 0 Å². The Balaban J connectivity index is 2.71. The van der Waals surface area contributed by atoms with E-state index in [9.17, 15) is 4.79 Å². The molecular formula is C18H22N2O. The highest BCUT2D eigenvalue weighted by Crippen LogP contribution is 2.42. The first-order valence-corrected chi connectivity index (χ1v) is 7.19. The Morgan fingerprint density at radius 2 is 2.05 bits per heavy atom. The number of hydrogen-bond acceptors (Lipinski definition) is 2. The molecule has 1 fully saturated rings. The summed E-state index contributed by atoms with van der Waals surface area (Å²) in [6, 6.07) is 9.73. The molecule has 1 aliphatic heterocycles. The zero-order valence-electron chi connectivity index (χ0n) is 12.2. The summed E-state index contributed by atoms with van der Waals surface area (Å²) in [5.74, 6) is -0.225. The van der Waals surface area contributed by atoms with Gasteiger partial charge in [0.1, 0.15) is 5.41 Å². The molecule has 1 heterocycles. The minimum Gasteiger partial charge on any atom is -0.369 e. The van der Waals surface area contributed by atoms with E-state index < -0.39 is 5.41 Å². The van der Waals surface area contributed by atoms with Crippen LogP contribution in [0.4, 0.5) is 0 Å². The maximum absolute atomic E-state index is 12.6. The van der Waals surface area contributed by atoms with Gasteiger partial charge in [0.15, 0.2) is 0 Å². The van der Waals surface area contributed by atoms with Gasteiger partial charge in [0.2, 0.25) is 5.91 Å². The van der Waals surface area contributed by atoms with Crippen LogP contribution in [0.15, 0.2) is 67.3 Å². The lowest BCUT2D eigenvalue weighted by Crippen LogP contribution is -2.49. The predicted octanol–water partition coefficient (Wildman–Crippen LogP) is 2.32. The molecule has 3 N–H and O–H groups in total. The summed E-state index contributed by atoms with van der Waals surface area (Å²) < 4.78 is 0. The van der Waals surface area contributed by atoms with Crippen molar-refractivity contribution in [1.82, 2.24) is 5.32 Å². The molecule has 3 nitrogen and oxygen atoms in total. The second-order valence-corrected chi connectivity index (χ2v) is 5.29. The van der Waals surface area contributed by atoms with E-state index in [1.165, 1.54) is 0 Å². The minimum absolute atomic E-state index is 0.113. The van der Waals surface area contributed by atoms with E-state index in [-0.39, 0.29) is 11.8 Å². The fourth-order valence-corrected chi connectivity index (χ4v) is 3.34. The van der Waals surface area contributed by atoms with Crippen LogP contribution in [0.1, 0.15) is 12.0 Å². The van der Waals surface area contributed by atoms with E-state index in [2.05, 4.69) is 18.5 Å². The second-order valence-electron chi connectivity index (χ2n) is 5.29. The van der Waals surface area contributed by atoms with Crippen LogP contribution in [0.2, 0.25) is 0 Å². The molecule has 3 heteroatoms. The van der Waals surface area contributed by atoms with E-state index in [0.717, 1.165) is 30.6 Å². The van der Waals surface area contributed by atoms with Gasteiger partial charge in [0.05, 0.1) is 0 Å². The van der Waals surface area contributed by atoms with Crippen LogP contribution >= 0.6 is 0 Å². The van der Waals surface area contributed by atoms with Gasteiger partial charge in [-0.15, -0.1) is 0 Å². The van der Waals surface area contributed by atoms with Gasteiger partial charge >= 0.3 is 0 Å². The number of carbonyl (C=O) groups is 1. The third-order valence-electron chi connectivity index (χ3n) is 4.26.